The lowest BCUT2D eigenvalue weighted by Crippen LogP contribution is -2.06. The average Bonchev–Trinajstić information content (AvgIpc) is 3.11. The first-order valence-corrected chi connectivity index (χ1v) is 10.9. The molecule has 2 aromatic heterocycles. The van der Waals surface area contributed by atoms with Gasteiger partial charge in [0.05, 0.1) is 5.02 Å². The molecular formula is C22H21ClN4O2S. The molecule has 1 N–H and O–H groups in total. The zero-order valence-electron chi connectivity index (χ0n) is 16.7. The molecule has 30 heavy (non-hydrogen) atoms. The molecule has 0 aliphatic carbocycles. The minimum atomic E-state index is 0.0291. The lowest BCUT2D eigenvalue weighted by Gasteiger charge is -2.08. The van der Waals surface area contributed by atoms with Crippen LogP contribution in [0.3, 0.4) is 0 Å². The van der Waals surface area contributed by atoms with Gasteiger partial charge in [0.15, 0.2) is 16.4 Å². The van der Waals surface area contributed by atoms with Gasteiger partial charge in [0, 0.05) is 35.5 Å². The number of rotatable bonds is 7. The van der Waals surface area contributed by atoms with Crippen molar-refractivity contribution in [3.63, 3.8) is 0 Å². The molecule has 0 bridgehead atoms. The largest absolute Gasteiger partial charge is 0.484 e. The van der Waals surface area contributed by atoms with Gasteiger partial charge < -0.3 is 14.3 Å². The highest BCUT2D eigenvalue weighted by atomic mass is 35.5. The van der Waals surface area contributed by atoms with Gasteiger partial charge in [0.2, 0.25) is 0 Å². The molecule has 8 heteroatoms. The van der Waals surface area contributed by atoms with Crippen LogP contribution in [0.5, 0.6) is 5.75 Å². The Bertz CT molecular complexity index is 1250. The smallest absolute Gasteiger partial charge is 0.191 e. The van der Waals surface area contributed by atoms with Crippen LogP contribution in [-0.2, 0) is 25.8 Å². The quantitative estimate of drug-likeness (QED) is 0.420. The van der Waals surface area contributed by atoms with Crippen molar-refractivity contribution in [2.45, 2.75) is 30.9 Å². The maximum absolute atomic E-state index is 12.5. The average molecular weight is 441 g/mol. The highest BCUT2D eigenvalue weighted by Crippen LogP contribution is 2.25. The van der Waals surface area contributed by atoms with Gasteiger partial charge in [-0.1, -0.05) is 48.5 Å². The summed E-state index contributed by atoms with van der Waals surface area (Å²) in [7, 11) is 1.89. The Kier molecular flexibility index (Phi) is 6.11. The molecule has 2 aromatic carbocycles. The summed E-state index contributed by atoms with van der Waals surface area (Å²) < 4.78 is 7.63. The molecule has 2 heterocycles. The van der Waals surface area contributed by atoms with E-state index in [4.69, 9.17) is 16.3 Å². The Morgan fingerprint density at radius 2 is 2.00 bits per heavy atom. The summed E-state index contributed by atoms with van der Waals surface area (Å²) in [6.07, 6.45) is 0.904. The predicted octanol–water partition coefficient (Wildman–Crippen LogP) is 4.74. The highest BCUT2D eigenvalue weighted by Gasteiger charge is 2.12. The van der Waals surface area contributed by atoms with Crippen molar-refractivity contribution in [2.75, 3.05) is 0 Å². The summed E-state index contributed by atoms with van der Waals surface area (Å²) in [5.74, 6) is 1.88. The summed E-state index contributed by atoms with van der Waals surface area (Å²) >= 11 is 7.63. The Balaban J connectivity index is 1.45. The second kappa shape index (κ2) is 8.93. The van der Waals surface area contributed by atoms with E-state index in [1.807, 2.05) is 48.0 Å². The number of para-hydroxylation sites is 1. The molecule has 0 saturated carbocycles. The molecule has 6 nitrogen and oxygen atoms in total. The molecule has 0 spiro atoms. The molecule has 0 fully saturated rings. The van der Waals surface area contributed by atoms with Crippen LogP contribution in [0.25, 0.3) is 10.9 Å². The van der Waals surface area contributed by atoms with Crippen molar-refractivity contribution in [2.24, 2.45) is 7.05 Å². The van der Waals surface area contributed by atoms with E-state index < -0.39 is 0 Å². The van der Waals surface area contributed by atoms with Crippen molar-refractivity contribution in [3.05, 3.63) is 80.9 Å². The number of benzene rings is 2. The number of nitrogens with one attached hydrogen (secondary N) is 1. The van der Waals surface area contributed by atoms with Crippen molar-refractivity contribution in [1.82, 2.24) is 19.7 Å². The number of hydrogen-bond donors (Lipinski definition) is 1. The summed E-state index contributed by atoms with van der Waals surface area (Å²) in [4.78, 5) is 15.9. The van der Waals surface area contributed by atoms with E-state index in [-0.39, 0.29) is 12.0 Å². The van der Waals surface area contributed by atoms with Crippen LogP contribution in [0, 0.1) is 0 Å². The zero-order chi connectivity index (χ0) is 21.1. The number of pyridine rings is 1. The fraction of sp³-hybridized carbons (Fsp3) is 0.227. The molecule has 0 radical (unpaired) electrons. The van der Waals surface area contributed by atoms with E-state index in [9.17, 15) is 4.79 Å². The van der Waals surface area contributed by atoms with Crippen molar-refractivity contribution >= 4 is 34.3 Å². The minimum absolute atomic E-state index is 0.0291. The number of H-pyrrole nitrogens is 1. The first kappa shape index (κ1) is 20.5. The number of nitrogens with zero attached hydrogens (tertiary/aromatic N) is 3. The van der Waals surface area contributed by atoms with Gasteiger partial charge in [-0.3, -0.25) is 4.79 Å². The van der Waals surface area contributed by atoms with Gasteiger partial charge in [-0.2, -0.15) is 0 Å². The number of fused-ring (bicyclic) bond motifs is 1. The second-order valence-corrected chi connectivity index (χ2v) is 8.21. The minimum Gasteiger partial charge on any atom is -0.484 e. The van der Waals surface area contributed by atoms with E-state index in [1.54, 1.807) is 12.1 Å². The lowest BCUT2D eigenvalue weighted by atomic mass is 10.1. The number of aromatic nitrogens is 4. The van der Waals surface area contributed by atoms with E-state index in [0.717, 1.165) is 33.7 Å². The number of aryl methyl sites for hydroxylation is 1. The Morgan fingerprint density at radius 1 is 1.17 bits per heavy atom. The molecule has 4 aromatic rings. The molecule has 154 valence electrons. The number of hydrogen-bond acceptors (Lipinski definition) is 5. The van der Waals surface area contributed by atoms with E-state index >= 15 is 0 Å². The molecule has 0 atom stereocenters. The fourth-order valence-corrected chi connectivity index (χ4v) is 4.12. The number of aromatic amines is 1. The third-order valence-corrected chi connectivity index (χ3v) is 6.21. The molecule has 0 unspecified atom stereocenters. The molecule has 0 aliphatic heterocycles. The highest BCUT2D eigenvalue weighted by molar-refractivity contribution is 7.98. The number of ether oxygens (including phenoxy) is 1. The van der Waals surface area contributed by atoms with E-state index in [0.29, 0.717) is 22.3 Å². The SMILES string of the molecule is CCc1ccc2[nH]c(CSc3nnc(COc4ccccc4Cl)n3C)cc(=O)c2c1. The summed E-state index contributed by atoms with van der Waals surface area (Å²) in [5.41, 5.74) is 2.88. The van der Waals surface area contributed by atoms with Crippen LogP contribution in [0.2, 0.25) is 5.02 Å². The van der Waals surface area contributed by atoms with Crippen LogP contribution in [0.15, 0.2) is 58.5 Å². The number of thioether (sulfide) groups is 1. The van der Waals surface area contributed by atoms with Gasteiger partial charge in [0.1, 0.15) is 12.4 Å². The van der Waals surface area contributed by atoms with Gasteiger partial charge in [-0.25, -0.2) is 0 Å². The van der Waals surface area contributed by atoms with E-state index in [2.05, 4.69) is 22.1 Å². The van der Waals surface area contributed by atoms with Gasteiger partial charge in [0.25, 0.3) is 0 Å². The first-order valence-electron chi connectivity index (χ1n) is 9.58. The fourth-order valence-electron chi connectivity index (χ4n) is 3.09. The van der Waals surface area contributed by atoms with Crippen molar-refractivity contribution in [1.29, 1.82) is 0 Å². The van der Waals surface area contributed by atoms with Crippen LogP contribution < -0.4 is 10.2 Å². The van der Waals surface area contributed by atoms with Crippen LogP contribution >= 0.6 is 23.4 Å². The third-order valence-electron chi connectivity index (χ3n) is 4.83. The van der Waals surface area contributed by atoms with E-state index in [1.165, 1.54) is 11.8 Å². The van der Waals surface area contributed by atoms with Crippen LogP contribution in [0.1, 0.15) is 24.0 Å². The van der Waals surface area contributed by atoms with Gasteiger partial charge >= 0.3 is 0 Å². The summed E-state index contributed by atoms with van der Waals surface area (Å²) in [5, 5.41) is 10.5. The molecule has 0 saturated heterocycles. The molecular weight excluding hydrogens is 420 g/mol. The Labute approximate surface area is 183 Å². The van der Waals surface area contributed by atoms with Gasteiger partial charge in [-0.15, -0.1) is 10.2 Å². The van der Waals surface area contributed by atoms with Crippen LogP contribution in [0.4, 0.5) is 0 Å². The maximum atomic E-state index is 12.5. The Hall–Kier alpha value is -2.77. The molecule has 0 aliphatic rings. The first-order chi connectivity index (χ1) is 14.5. The molecule has 0 amide bonds. The zero-order valence-corrected chi connectivity index (χ0v) is 18.3. The topological polar surface area (TPSA) is 72.8 Å². The standard InChI is InChI=1S/C22H21ClN4O2S/c1-3-14-8-9-18-16(10-14)19(28)11-15(24-18)13-30-22-26-25-21(27(22)2)12-29-20-7-5-4-6-17(20)23/h4-11H,3,12-13H2,1-2H3,(H,24,28). The monoisotopic (exact) mass is 440 g/mol. The van der Waals surface area contributed by atoms with Gasteiger partial charge in [-0.05, 0) is 36.2 Å². The number of halogens is 1. The second-order valence-electron chi connectivity index (χ2n) is 6.86. The van der Waals surface area contributed by atoms with Crippen LogP contribution in [-0.4, -0.2) is 19.7 Å². The predicted molar refractivity (Wildman–Crippen MR) is 120 cm³/mol. The normalized spacial score (nSPS) is 11.2. The summed E-state index contributed by atoms with van der Waals surface area (Å²) in [6.45, 7) is 2.34. The summed E-state index contributed by atoms with van der Waals surface area (Å²) in [6, 6.07) is 14.9. The molecule has 4 rings (SSSR count). The lowest BCUT2D eigenvalue weighted by molar-refractivity contribution is 0.290. The van der Waals surface area contributed by atoms with Crippen molar-refractivity contribution in [3.8, 4) is 5.75 Å². The van der Waals surface area contributed by atoms with Crippen molar-refractivity contribution < 1.29 is 4.74 Å². The Morgan fingerprint density at radius 3 is 2.80 bits per heavy atom. The third kappa shape index (κ3) is 4.37. The maximum Gasteiger partial charge on any atom is 0.191 e.